The second kappa shape index (κ2) is 7.14. The fraction of sp³-hybridized carbons (Fsp3) is 0.647. The van der Waals surface area contributed by atoms with Crippen LogP contribution in [0.25, 0.3) is 0 Å². The number of nitrogens with one attached hydrogen (secondary N) is 1. The van der Waals surface area contributed by atoms with Gasteiger partial charge in [-0.15, -0.1) is 0 Å². The van der Waals surface area contributed by atoms with Crippen LogP contribution in [0.4, 0.5) is 0 Å². The Labute approximate surface area is 127 Å². The maximum absolute atomic E-state index is 5.89. The molecule has 4 nitrogen and oxygen atoms in total. The molecule has 1 aliphatic heterocycles. The van der Waals surface area contributed by atoms with E-state index in [4.69, 9.17) is 9.47 Å². The highest BCUT2D eigenvalue weighted by atomic mass is 16.5. The Hall–Kier alpha value is -1.26. The number of hydrogen-bond donors (Lipinski definition) is 1. The van der Waals surface area contributed by atoms with Crippen LogP contribution in [-0.4, -0.2) is 50.3 Å². The molecular formula is C17H26N2O2. The molecule has 1 aliphatic carbocycles. The third-order valence-electron chi connectivity index (χ3n) is 4.42. The number of rotatable bonds is 8. The van der Waals surface area contributed by atoms with E-state index in [1.54, 1.807) is 7.11 Å². The average molecular weight is 290 g/mol. The Balaban J connectivity index is 1.43. The minimum atomic E-state index is 0.687. The number of nitrogens with zero attached hydrogens (tertiary/aromatic N) is 1. The van der Waals surface area contributed by atoms with Crippen molar-refractivity contribution in [3.8, 4) is 11.5 Å². The molecule has 1 heterocycles. The Morgan fingerprint density at radius 2 is 2.00 bits per heavy atom. The first-order chi connectivity index (χ1) is 10.4. The van der Waals surface area contributed by atoms with Gasteiger partial charge in [-0.2, -0.15) is 0 Å². The van der Waals surface area contributed by atoms with Crippen LogP contribution >= 0.6 is 0 Å². The molecule has 2 aliphatic rings. The van der Waals surface area contributed by atoms with E-state index in [1.807, 2.05) is 24.3 Å². The number of benzene rings is 1. The van der Waals surface area contributed by atoms with Crippen molar-refractivity contribution in [2.75, 3.05) is 33.4 Å². The summed E-state index contributed by atoms with van der Waals surface area (Å²) in [6.07, 6.45) is 5.35. The first kappa shape index (κ1) is 14.7. The summed E-state index contributed by atoms with van der Waals surface area (Å²) in [6, 6.07) is 9.34. The molecule has 1 N–H and O–H groups in total. The van der Waals surface area contributed by atoms with Gasteiger partial charge in [0.1, 0.15) is 6.61 Å². The lowest BCUT2D eigenvalue weighted by molar-refractivity contribution is 0.190. The summed E-state index contributed by atoms with van der Waals surface area (Å²) in [7, 11) is 1.68. The van der Waals surface area contributed by atoms with Gasteiger partial charge >= 0.3 is 0 Å². The maximum Gasteiger partial charge on any atom is 0.161 e. The lowest BCUT2D eigenvalue weighted by atomic mass is 10.2. The minimum absolute atomic E-state index is 0.687. The van der Waals surface area contributed by atoms with Crippen LogP contribution in [0.3, 0.4) is 0 Å². The fourth-order valence-electron chi connectivity index (χ4n) is 3.02. The van der Waals surface area contributed by atoms with E-state index in [0.29, 0.717) is 6.04 Å². The zero-order chi connectivity index (χ0) is 14.5. The SMILES string of the molecule is COc1ccccc1OCCN1CCCC1CNC1CC1. The highest BCUT2D eigenvalue weighted by Crippen LogP contribution is 2.26. The van der Waals surface area contributed by atoms with E-state index in [0.717, 1.165) is 37.2 Å². The van der Waals surface area contributed by atoms with Gasteiger partial charge in [-0.05, 0) is 44.4 Å². The monoisotopic (exact) mass is 290 g/mol. The van der Waals surface area contributed by atoms with E-state index in [-0.39, 0.29) is 0 Å². The van der Waals surface area contributed by atoms with Crippen molar-refractivity contribution in [2.24, 2.45) is 0 Å². The van der Waals surface area contributed by atoms with Gasteiger partial charge in [0.2, 0.25) is 0 Å². The average Bonchev–Trinajstić information content (AvgIpc) is 3.25. The Bertz CT molecular complexity index is 448. The van der Waals surface area contributed by atoms with E-state index in [9.17, 15) is 0 Å². The summed E-state index contributed by atoms with van der Waals surface area (Å²) >= 11 is 0. The van der Waals surface area contributed by atoms with Crippen LogP contribution < -0.4 is 14.8 Å². The van der Waals surface area contributed by atoms with Crippen molar-refractivity contribution >= 4 is 0 Å². The third-order valence-corrected chi connectivity index (χ3v) is 4.42. The predicted molar refractivity (Wildman–Crippen MR) is 84.1 cm³/mol. The zero-order valence-electron chi connectivity index (χ0n) is 12.9. The van der Waals surface area contributed by atoms with Crippen molar-refractivity contribution in [2.45, 2.75) is 37.8 Å². The number of para-hydroxylation sites is 2. The van der Waals surface area contributed by atoms with Gasteiger partial charge < -0.3 is 14.8 Å². The summed E-state index contributed by atoms with van der Waals surface area (Å²) in [5, 5.41) is 3.65. The van der Waals surface area contributed by atoms with Gasteiger partial charge in [-0.25, -0.2) is 0 Å². The standard InChI is InChI=1S/C17H26N2O2/c1-20-16-6-2-3-7-17(16)21-12-11-19-10-4-5-15(19)13-18-14-8-9-14/h2-3,6-7,14-15,18H,4-5,8-13H2,1H3. The van der Waals surface area contributed by atoms with Gasteiger partial charge in [0.05, 0.1) is 7.11 Å². The van der Waals surface area contributed by atoms with Crippen LogP contribution in [0.15, 0.2) is 24.3 Å². The van der Waals surface area contributed by atoms with Gasteiger partial charge in [0.15, 0.2) is 11.5 Å². The van der Waals surface area contributed by atoms with Gasteiger partial charge in [-0.3, -0.25) is 4.90 Å². The van der Waals surface area contributed by atoms with Crippen LogP contribution in [0, 0.1) is 0 Å². The molecule has 1 aromatic rings. The molecule has 3 rings (SSSR count). The third kappa shape index (κ3) is 4.11. The summed E-state index contributed by atoms with van der Waals surface area (Å²) in [4.78, 5) is 2.56. The number of ether oxygens (including phenoxy) is 2. The predicted octanol–water partition coefficient (Wildman–Crippen LogP) is 2.29. The largest absolute Gasteiger partial charge is 0.493 e. The molecule has 0 amide bonds. The molecular weight excluding hydrogens is 264 g/mol. The molecule has 2 fully saturated rings. The normalized spacial score (nSPS) is 22.4. The smallest absolute Gasteiger partial charge is 0.161 e. The highest BCUT2D eigenvalue weighted by Gasteiger charge is 2.27. The van der Waals surface area contributed by atoms with Crippen LogP contribution in [-0.2, 0) is 0 Å². The van der Waals surface area contributed by atoms with E-state index in [2.05, 4.69) is 10.2 Å². The second-order valence-corrected chi connectivity index (χ2v) is 6.01. The molecule has 1 saturated carbocycles. The number of methoxy groups -OCH3 is 1. The quantitative estimate of drug-likeness (QED) is 0.796. The summed E-state index contributed by atoms with van der Waals surface area (Å²) in [6.45, 7) is 4.06. The Morgan fingerprint density at radius 1 is 1.19 bits per heavy atom. The fourth-order valence-corrected chi connectivity index (χ4v) is 3.02. The first-order valence-electron chi connectivity index (χ1n) is 8.10. The van der Waals surface area contributed by atoms with E-state index < -0.39 is 0 Å². The van der Waals surface area contributed by atoms with E-state index >= 15 is 0 Å². The second-order valence-electron chi connectivity index (χ2n) is 6.01. The summed E-state index contributed by atoms with van der Waals surface area (Å²) in [5.74, 6) is 1.65. The molecule has 21 heavy (non-hydrogen) atoms. The van der Waals surface area contributed by atoms with Crippen LogP contribution in [0.2, 0.25) is 0 Å². The molecule has 1 atom stereocenters. The molecule has 0 aromatic heterocycles. The van der Waals surface area contributed by atoms with Crippen molar-refractivity contribution in [1.82, 2.24) is 10.2 Å². The summed E-state index contributed by atoms with van der Waals surface area (Å²) in [5.41, 5.74) is 0. The Morgan fingerprint density at radius 3 is 2.76 bits per heavy atom. The van der Waals surface area contributed by atoms with Gasteiger partial charge in [-0.1, -0.05) is 12.1 Å². The highest BCUT2D eigenvalue weighted by molar-refractivity contribution is 5.39. The number of hydrogen-bond acceptors (Lipinski definition) is 4. The molecule has 1 aromatic carbocycles. The molecule has 1 unspecified atom stereocenters. The van der Waals surface area contributed by atoms with Crippen molar-refractivity contribution in [3.63, 3.8) is 0 Å². The molecule has 0 spiro atoms. The summed E-state index contributed by atoms with van der Waals surface area (Å²) < 4.78 is 11.2. The van der Waals surface area contributed by atoms with Gasteiger partial charge in [0, 0.05) is 25.2 Å². The van der Waals surface area contributed by atoms with Crippen LogP contribution in [0.5, 0.6) is 11.5 Å². The lowest BCUT2D eigenvalue weighted by Gasteiger charge is -2.25. The zero-order valence-corrected chi connectivity index (χ0v) is 12.9. The van der Waals surface area contributed by atoms with Crippen LogP contribution in [0.1, 0.15) is 25.7 Å². The van der Waals surface area contributed by atoms with Crippen molar-refractivity contribution < 1.29 is 9.47 Å². The molecule has 4 heteroatoms. The van der Waals surface area contributed by atoms with Crippen molar-refractivity contribution in [3.05, 3.63) is 24.3 Å². The molecule has 116 valence electrons. The number of likely N-dealkylation sites (tertiary alicyclic amines) is 1. The van der Waals surface area contributed by atoms with Crippen molar-refractivity contribution in [1.29, 1.82) is 0 Å². The lowest BCUT2D eigenvalue weighted by Crippen LogP contribution is -2.40. The molecule has 0 bridgehead atoms. The molecule has 1 saturated heterocycles. The minimum Gasteiger partial charge on any atom is -0.493 e. The van der Waals surface area contributed by atoms with Gasteiger partial charge in [0.25, 0.3) is 0 Å². The maximum atomic E-state index is 5.89. The Kier molecular flexibility index (Phi) is 4.99. The van der Waals surface area contributed by atoms with E-state index in [1.165, 1.54) is 32.2 Å². The topological polar surface area (TPSA) is 33.7 Å². The first-order valence-corrected chi connectivity index (χ1v) is 8.10. The molecule has 0 radical (unpaired) electrons.